The maximum Gasteiger partial charge on any atom is 0.231 e. The van der Waals surface area contributed by atoms with Gasteiger partial charge in [0.15, 0.2) is 0 Å². The number of rotatable bonds is 4. The molecule has 3 heteroatoms. The molecule has 0 fully saturated rings. The number of carbonyl (C=O) groups is 1. The van der Waals surface area contributed by atoms with Crippen LogP contribution in [0.2, 0.25) is 0 Å². The second-order valence-corrected chi connectivity index (χ2v) is 5.82. The number of para-hydroxylation sites is 1. The van der Waals surface area contributed by atoms with Crippen LogP contribution in [-0.4, -0.2) is 25.2 Å². The van der Waals surface area contributed by atoms with Gasteiger partial charge < -0.3 is 9.64 Å². The Morgan fingerprint density at radius 2 is 1.73 bits per heavy atom. The molecule has 0 bridgehead atoms. The summed E-state index contributed by atoms with van der Waals surface area (Å²) in [5, 5.41) is 0. The molecule has 3 nitrogen and oxygen atoms in total. The summed E-state index contributed by atoms with van der Waals surface area (Å²) in [6.07, 6.45) is 0.613. The van der Waals surface area contributed by atoms with Gasteiger partial charge >= 0.3 is 0 Å². The van der Waals surface area contributed by atoms with Crippen LogP contribution in [0.15, 0.2) is 48.5 Å². The highest BCUT2D eigenvalue weighted by Crippen LogP contribution is 2.36. The Balaban J connectivity index is 1.98. The summed E-state index contributed by atoms with van der Waals surface area (Å²) in [6, 6.07) is 16.3. The number of hydrogen-bond acceptors (Lipinski definition) is 2. The average Bonchev–Trinajstić information content (AvgIpc) is 2.63. The Labute approximate surface area is 131 Å². The molecule has 2 aromatic rings. The third-order valence-electron chi connectivity index (χ3n) is 3.91. The third-order valence-corrected chi connectivity index (χ3v) is 3.91. The van der Waals surface area contributed by atoms with E-state index >= 15 is 0 Å². The Kier molecular flexibility index (Phi) is 4.25. The number of carbonyl (C=O) groups excluding carboxylic acids is 1. The van der Waals surface area contributed by atoms with E-state index in [1.165, 1.54) is 0 Å². The van der Waals surface area contributed by atoms with Gasteiger partial charge in [-0.15, -0.1) is 0 Å². The zero-order chi connectivity index (χ0) is 15.5. The molecule has 114 valence electrons. The van der Waals surface area contributed by atoms with Crippen molar-refractivity contribution in [1.82, 2.24) is 0 Å². The van der Waals surface area contributed by atoms with Crippen LogP contribution >= 0.6 is 0 Å². The van der Waals surface area contributed by atoms with Crippen molar-refractivity contribution < 1.29 is 9.53 Å². The molecular weight excluding hydrogens is 274 g/mol. The molecule has 0 aliphatic carbocycles. The molecule has 22 heavy (non-hydrogen) atoms. The molecule has 0 saturated heterocycles. The Morgan fingerprint density at radius 3 is 2.50 bits per heavy atom. The van der Waals surface area contributed by atoms with Crippen molar-refractivity contribution in [3.63, 3.8) is 0 Å². The van der Waals surface area contributed by atoms with Crippen molar-refractivity contribution in [2.75, 3.05) is 18.1 Å². The van der Waals surface area contributed by atoms with Crippen LogP contribution in [0.25, 0.3) is 11.1 Å². The van der Waals surface area contributed by atoms with Gasteiger partial charge in [0.1, 0.15) is 0 Å². The molecule has 1 heterocycles. The minimum atomic E-state index is 0.129. The molecule has 1 aliphatic rings. The summed E-state index contributed by atoms with van der Waals surface area (Å²) < 4.78 is 5.63. The quantitative estimate of drug-likeness (QED) is 0.861. The minimum Gasteiger partial charge on any atom is -0.377 e. The van der Waals surface area contributed by atoms with Gasteiger partial charge in [-0.25, -0.2) is 0 Å². The summed E-state index contributed by atoms with van der Waals surface area (Å²) in [4.78, 5) is 14.5. The number of fused-ring (bicyclic) bond motifs is 3. The Bertz CT molecular complexity index is 679. The fraction of sp³-hybridized carbons (Fsp3) is 0.316. The first-order chi connectivity index (χ1) is 10.7. The summed E-state index contributed by atoms with van der Waals surface area (Å²) in [7, 11) is 0. The lowest BCUT2D eigenvalue weighted by atomic mass is 9.98. The number of benzene rings is 2. The van der Waals surface area contributed by atoms with Gasteiger partial charge in [0.2, 0.25) is 5.91 Å². The van der Waals surface area contributed by atoms with E-state index in [0.717, 1.165) is 22.4 Å². The molecule has 0 unspecified atom stereocenters. The number of hydrogen-bond donors (Lipinski definition) is 0. The smallest absolute Gasteiger partial charge is 0.231 e. The molecular formula is C19H21NO2. The number of anilines is 1. The van der Waals surface area contributed by atoms with E-state index in [4.69, 9.17) is 4.74 Å². The van der Waals surface area contributed by atoms with Gasteiger partial charge in [0.05, 0.1) is 24.8 Å². The van der Waals surface area contributed by atoms with E-state index in [2.05, 4.69) is 12.1 Å². The predicted octanol–water partition coefficient (Wildman–Crippen LogP) is 3.67. The normalized spacial score (nSPS) is 13.8. The van der Waals surface area contributed by atoms with Gasteiger partial charge in [-0.2, -0.15) is 0 Å². The zero-order valence-corrected chi connectivity index (χ0v) is 13.1. The third kappa shape index (κ3) is 2.90. The number of ether oxygens (including phenoxy) is 1. The van der Waals surface area contributed by atoms with Gasteiger partial charge in [-0.3, -0.25) is 4.79 Å². The first kappa shape index (κ1) is 14.8. The second-order valence-electron chi connectivity index (χ2n) is 5.82. The minimum absolute atomic E-state index is 0.129. The van der Waals surface area contributed by atoms with Crippen LogP contribution in [-0.2, 0) is 16.0 Å². The first-order valence-electron chi connectivity index (χ1n) is 7.76. The standard InChI is InChI=1S/C19H21NO2/c1-14(2)22-12-11-20-18-10-6-5-9-17(18)16-8-4-3-7-15(16)13-19(20)21/h3-10,14H,11-13H2,1-2H3. The molecule has 0 N–H and O–H groups in total. The summed E-state index contributed by atoms with van der Waals surface area (Å²) >= 11 is 0. The van der Waals surface area contributed by atoms with Gasteiger partial charge in [0, 0.05) is 12.1 Å². The predicted molar refractivity (Wildman–Crippen MR) is 89.0 cm³/mol. The molecule has 1 aliphatic heterocycles. The Morgan fingerprint density at radius 1 is 1.05 bits per heavy atom. The van der Waals surface area contributed by atoms with Gasteiger partial charge in [-0.05, 0) is 31.0 Å². The molecule has 2 aromatic carbocycles. The fourth-order valence-electron chi connectivity index (χ4n) is 2.89. The Hall–Kier alpha value is -2.13. The van der Waals surface area contributed by atoms with Crippen molar-refractivity contribution in [2.24, 2.45) is 0 Å². The van der Waals surface area contributed by atoms with E-state index < -0.39 is 0 Å². The highest BCUT2D eigenvalue weighted by atomic mass is 16.5. The summed E-state index contributed by atoms with van der Waals surface area (Å²) in [6.45, 7) is 5.15. The number of nitrogens with zero attached hydrogens (tertiary/aromatic N) is 1. The van der Waals surface area contributed by atoms with Crippen molar-refractivity contribution in [2.45, 2.75) is 26.4 Å². The van der Waals surface area contributed by atoms with Crippen LogP contribution in [0.3, 0.4) is 0 Å². The van der Waals surface area contributed by atoms with E-state index in [1.54, 1.807) is 0 Å². The topological polar surface area (TPSA) is 29.5 Å². The lowest BCUT2D eigenvalue weighted by molar-refractivity contribution is -0.118. The SMILES string of the molecule is CC(C)OCCN1C(=O)Cc2ccccc2-c2ccccc21. The highest BCUT2D eigenvalue weighted by Gasteiger charge is 2.25. The second kappa shape index (κ2) is 6.32. The zero-order valence-electron chi connectivity index (χ0n) is 13.1. The lowest BCUT2D eigenvalue weighted by Gasteiger charge is -2.23. The maximum atomic E-state index is 12.7. The maximum absolute atomic E-state index is 12.7. The van der Waals surface area contributed by atoms with E-state index in [9.17, 15) is 4.79 Å². The van der Waals surface area contributed by atoms with Crippen LogP contribution in [0.4, 0.5) is 5.69 Å². The van der Waals surface area contributed by atoms with Crippen LogP contribution < -0.4 is 4.90 Å². The monoisotopic (exact) mass is 295 g/mol. The molecule has 0 spiro atoms. The van der Waals surface area contributed by atoms with Gasteiger partial charge in [0.25, 0.3) is 0 Å². The lowest BCUT2D eigenvalue weighted by Crippen LogP contribution is -2.35. The molecule has 0 saturated carbocycles. The average molecular weight is 295 g/mol. The van der Waals surface area contributed by atoms with Crippen molar-refractivity contribution in [1.29, 1.82) is 0 Å². The van der Waals surface area contributed by atoms with E-state index in [1.807, 2.05) is 55.1 Å². The number of amides is 1. The van der Waals surface area contributed by atoms with Crippen LogP contribution in [0, 0.1) is 0 Å². The van der Waals surface area contributed by atoms with Crippen LogP contribution in [0.1, 0.15) is 19.4 Å². The summed E-state index contributed by atoms with van der Waals surface area (Å²) in [5.41, 5.74) is 4.34. The van der Waals surface area contributed by atoms with Crippen molar-refractivity contribution in [3.8, 4) is 11.1 Å². The first-order valence-corrected chi connectivity index (χ1v) is 7.76. The largest absolute Gasteiger partial charge is 0.377 e. The van der Waals surface area contributed by atoms with Crippen molar-refractivity contribution in [3.05, 3.63) is 54.1 Å². The van der Waals surface area contributed by atoms with E-state index in [0.29, 0.717) is 19.6 Å². The van der Waals surface area contributed by atoms with Crippen LogP contribution in [0.5, 0.6) is 0 Å². The highest BCUT2D eigenvalue weighted by molar-refractivity contribution is 6.02. The molecule has 1 amide bonds. The van der Waals surface area contributed by atoms with Gasteiger partial charge in [-0.1, -0.05) is 42.5 Å². The molecule has 3 rings (SSSR count). The molecule has 0 radical (unpaired) electrons. The van der Waals surface area contributed by atoms with E-state index in [-0.39, 0.29) is 12.0 Å². The molecule has 0 aromatic heterocycles. The summed E-state index contributed by atoms with van der Waals surface area (Å²) in [5.74, 6) is 0.129. The molecule has 0 atom stereocenters. The fourth-order valence-corrected chi connectivity index (χ4v) is 2.89. The van der Waals surface area contributed by atoms with Crippen molar-refractivity contribution >= 4 is 11.6 Å².